The van der Waals surface area contributed by atoms with Crippen LogP contribution in [0.2, 0.25) is 0 Å². The van der Waals surface area contributed by atoms with Crippen LogP contribution in [0.3, 0.4) is 0 Å². The van der Waals surface area contributed by atoms with Crippen LogP contribution < -0.4 is 10.5 Å². The summed E-state index contributed by atoms with van der Waals surface area (Å²) < 4.78 is 32.7. The molecule has 0 saturated carbocycles. The Hall–Kier alpha value is -3.13. The molecule has 1 saturated heterocycles. The first-order valence-corrected chi connectivity index (χ1v) is 11.9. The van der Waals surface area contributed by atoms with Crippen molar-refractivity contribution in [3.63, 3.8) is 0 Å². The summed E-state index contributed by atoms with van der Waals surface area (Å²) in [5.74, 6) is -2.53. The van der Waals surface area contributed by atoms with Gasteiger partial charge in [-0.3, -0.25) is 14.8 Å². The fourth-order valence-corrected chi connectivity index (χ4v) is 4.19. The van der Waals surface area contributed by atoms with Gasteiger partial charge in [-0.1, -0.05) is 0 Å². The minimum atomic E-state index is -5.08. The first-order chi connectivity index (χ1) is 17.0. The first-order valence-electron chi connectivity index (χ1n) is 10.8. The number of aromatic hydroxyl groups is 1. The number of carboxylic acids is 1. The maximum absolute atomic E-state index is 12.1. The predicted molar refractivity (Wildman–Crippen MR) is 138 cm³/mol. The fourth-order valence-electron chi connectivity index (χ4n) is 3.70. The van der Waals surface area contributed by atoms with Crippen LogP contribution in [0.5, 0.6) is 5.88 Å². The number of nitrogens with zero attached hydrogens (tertiary/aromatic N) is 2. The summed E-state index contributed by atoms with van der Waals surface area (Å²) >= 11 is 2.18. The molecular weight excluding hydrogens is 594 g/mol. The van der Waals surface area contributed by atoms with E-state index in [2.05, 4.69) is 37.5 Å². The van der Waals surface area contributed by atoms with Crippen molar-refractivity contribution in [1.82, 2.24) is 4.98 Å². The maximum atomic E-state index is 12.1. The van der Waals surface area contributed by atoms with E-state index in [1.165, 1.54) is 0 Å². The third kappa shape index (κ3) is 6.97. The zero-order valence-electron chi connectivity index (χ0n) is 18.8. The summed E-state index contributed by atoms with van der Waals surface area (Å²) in [5.41, 5.74) is 2.09. The van der Waals surface area contributed by atoms with Gasteiger partial charge in [-0.05, 0) is 83.8 Å². The molecule has 0 aliphatic carbocycles. The van der Waals surface area contributed by atoms with Crippen molar-refractivity contribution in [3.8, 4) is 5.88 Å². The maximum Gasteiger partial charge on any atom is 0.490 e. The molecule has 0 spiro atoms. The van der Waals surface area contributed by atoms with Gasteiger partial charge in [0.1, 0.15) is 0 Å². The Bertz CT molecular complexity index is 1300. The van der Waals surface area contributed by atoms with Gasteiger partial charge >= 0.3 is 12.1 Å². The smallest absolute Gasteiger partial charge is 0.490 e. The number of aliphatic imine (C=N–C) groups is 1. The van der Waals surface area contributed by atoms with E-state index in [0.29, 0.717) is 22.3 Å². The first kappa shape index (κ1) is 27.5. The Morgan fingerprint density at radius 2 is 1.75 bits per heavy atom. The van der Waals surface area contributed by atoms with E-state index in [4.69, 9.17) is 9.90 Å². The Kier molecular flexibility index (Phi) is 8.95. The van der Waals surface area contributed by atoms with E-state index < -0.39 is 12.1 Å². The number of hydrogen-bond acceptors (Lipinski definition) is 6. The number of nitrogens with one attached hydrogen (secondary N) is 1. The summed E-state index contributed by atoms with van der Waals surface area (Å²) in [6.45, 7) is 2.17. The van der Waals surface area contributed by atoms with E-state index >= 15 is 0 Å². The van der Waals surface area contributed by atoms with Crippen molar-refractivity contribution in [3.05, 3.63) is 62.0 Å². The molecule has 1 fully saturated rings. The van der Waals surface area contributed by atoms with E-state index in [9.17, 15) is 28.2 Å². The number of halogens is 4. The molecule has 0 amide bonds. The van der Waals surface area contributed by atoms with Crippen LogP contribution in [0, 0.1) is 9.49 Å². The van der Waals surface area contributed by atoms with Gasteiger partial charge in [-0.2, -0.15) is 13.2 Å². The number of fused-ring (bicyclic) bond motifs is 1. The number of aliphatic carboxylic acids is 1. The summed E-state index contributed by atoms with van der Waals surface area (Å²) in [6.07, 6.45) is -1.48. The normalized spacial score (nSPS) is 14.6. The van der Waals surface area contributed by atoms with Crippen molar-refractivity contribution in [2.45, 2.75) is 19.0 Å². The summed E-state index contributed by atoms with van der Waals surface area (Å²) in [6, 6.07) is 13.4. The van der Waals surface area contributed by atoms with Gasteiger partial charge < -0.3 is 20.2 Å². The largest absolute Gasteiger partial charge is 0.494 e. The van der Waals surface area contributed by atoms with Crippen molar-refractivity contribution in [2.24, 2.45) is 10.9 Å². The zero-order chi connectivity index (χ0) is 26.5. The van der Waals surface area contributed by atoms with Crippen LogP contribution in [0.4, 0.5) is 24.5 Å². The monoisotopic (exact) mass is 617 g/mol. The lowest BCUT2D eigenvalue weighted by Crippen LogP contribution is -2.34. The lowest BCUT2D eigenvalue weighted by atomic mass is 9.97. The second-order valence-electron chi connectivity index (χ2n) is 8.10. The predicted octanol–water partition coefficient (Wildman–Crippen LogP) is 4.43. The molecule has 0 bridgehead atoms. The second-order valence-corrected chi connectivity index (χ2v) is 9.34. The van der Waals surface area contributed by atoms with Crippen molar-refractivity contribution in [1.29, 1.82) is 0 Å². The standard InChI is InChI=1S/C22H22IN3O3.C2HF3O2/c23-15-1-6-18-19(11-15)20(22(29)25-21(18)28)12-24-16-2-4-17(5-3-16)26-9-7-14(13-27)8-10-26;3-2(4,5)1(6)7/h1-6,11-12,14,27H,7-10,13H2,(H2,25,28,29);(H,6,7). The number of H-pyrrole nitrogens is 1. The number of carboxylic acid groups (broad SMARTS) is 1. The van der Waals surface area contributed by atoms with Gasteiger partial charge in [-0.25, -0.2) is 4.79 Å². The van der Waals surface area contributed by atoms with Crippen molar-refractivity contribution in [2.75, 3.05) is 24.6 Å². The number of benzene rings is 2. The van der Waals surface area contributed by atoms with Gasteiger partial charge in [-0.15, -0.1) is 0 Å². The number of hydrogen-bond donors (Lipinski definition) is 4. The Balaban J connectivity index is 0.000000454. The van der Waals surface area contributed by atoms with Crippen LogP contribution in [0.25, 0.3) is 10.8 Å². The van der Waals surface area contributed by atoms with Crippen LogP contribution in [-0.4, -0.2) is 58.4 Å². The number of aliphatic hydroxyl groups is 1. The highest BCUT2D eigenvalue weighted by Gasteiger charge is 2.38. The highest BCUT2D eigenvalue weighted by Crippen LogP contribution is 2.27. The number of alkyl halides is 3. The molecule has 0 atom stereocenters. The van der Waals surface area contributed by atoms with Crippen molar-refractivity contribution < 1.29 is 33.3 Å². The molecule has 12 heteroatoms. The number of aromatic amines is 1. The SMILES string of the molecule is O=C(O)C(F)(F)F.O=c1[nH]c(O)c(C=Nc2ccc(N3CCC(CO)CC3)cc2)c2cc(I)ccc12. The zero-order valence-corrected chi connectivity index (χ0v) is 21.0. The average Bonchev–Trinajstić information content (AvgIpc) is 2.84. The quantitative estimate of drug-likeness (QED) is 0.254. The Morgan fingerprint density at radius 3 is 2.31 bits per heavy atom. The third-order valence-corrected chi connectivity index (χ3v) is 6.35. The van der Waals surface area contributed by atoms with Gasteiger partial charge in [0.2, 0.25) is 5.88 Å². The molecule has 1 aliphatic heterocycles. The summed E-state index contributed by atoms with van der Waals surface area (Å²) in [7, 11) is 0. The van der Waals surface area contributed by atoms with E-state index in [1.807, 2.05) is 36.4 Å². The summed E-state index contributed by atoms with van der Waals surface area (Å²) in [5, 5.41) is 27.8. The second kappa shape index (κ2) is 11.7. The minimum absolute atomic E-state index is 0.184. The number of rotatable bonds is 4. The molecule has 36 heavy (non-hydrogen) atoms. The van der Waals surface area contributed by atoms with E-state index in [1.54, 1.807) is 12.3 Å². The number of pyridine rings is 1. The number of piperidine rings is 1. The average molecular weight is 617 g/mol. The molecule has 8 nitrogen and oxygen atoms in total. The molecule has 0 radical (unpaired) electrons. The molecule has 1 aromatic heterocycles. The number of anilines is 1. The molecule has 4 N–H and O–H groups in total. The van der Waals surface area contributed by atoms with Crippen LogP contribution >= 0.6 is 22.6 Å². The van der Waals surface area contributed by atoms with E-state index in [-0.39, 0.29) is 18.0 Å². The molecular formula is C24H23F3IN3O5. The molecule has 3 aromatic rings. The molecule has 2 heterocycles. The lowest BCUT2D eigenvalue weighted by molar-refractivity contribution is -0.192. The lowest BCUT2D eigenvalue weighted by Gasteiger charge is -2.32. The molecule has 4 rings (SSSR count). The van der Waals surface area contributed by atoms with Crippen LogP contribution in [-0.2, 0) is 4.79 Å². The number of aromatic nitrogens is 1. The fraction of sp³-hybridized carbons (Fsp3) is 0.292. The van der Waals surface area contributed by atoms with Gasteiger partial charge in [0.05, 0.1) is 11.3 Å². The van der Waals surface area contributed by atoms with Gasteiger partial charge in [0.25, 0.3) is 5.56 Å². The van der Waals surface area contributed by atoms with Crippen LogP contribution in [0.1, 0.15) is 18.4 Å². The molecule has 0 unspecified atom stereocenters. The van der Waals surface area contributed by atoms with Crippen molar-refractivity contribution >= 4 is 56.9 Å². The van der Waals surface area contributed by atoms with Gasteiger partial charge in [0.15, 0.2) is 0 Å². The Morgan fingerprint density at radius 1 is 1.14 bits per heavy atom. The third-order valence-electron chi connectivity index (χ3n) is 5.68. The minimum Gasteiger partial charge on any atom is -0.494 e. The Labute approximate surface area is 217 Å². The van der Waals surface area contributed by atoms with Crippen LogP contribution in [0.15, 0.2) is 52.3 Å². The summed E-state index contributed by atoms with van der Waals surface area (Å²) in [4.78, 5) is 30.3. The van der Waals surface area contributed by atoms with Gasteiger partial charge in [0, 0.05) is 45.9 Å². The molecule has 2 aromatic carbocycles. The topological polar surface area (TPSA) is 126 Å². The number of aliphatic hydroxyl groups excluding tert-OH is 1. The molecule has 192 valence electrons. The number of carbonyl (C=O) groups is 1. The van der Waals surface area contributed by atoms with E-state index in [0.717, 1.165) is 40.9 Å². The highest BCUT2D eigenvalue weighted by atomic mass is 127. The molecule has 1 aliphatic rings. The highest BCUT2D eigenvalue weighted by molar-refractivity contribution is 14.1.